The Balaban J connectivity index is 0.00000144. The van der Waals surface area contributed by atoms with Crippen LogP contribution in [0.2, 0.25) is 0 Å². The maximum absolute atomic E-state index is 12.3. The van der Waals surface area contributed by atoms with E-state index in [2.05, 4.69) is 6.92 Å². The van der Waals surface area contributed by atoms with E-state index in [-0.39, 0.29) is 18.3 Å². The molecule has 2 aliphatic heterocycles. The minimum Gasteiger partial charge on any atom is -0.381 e. The van der Waals surface area contributed by atoms with Gasteiger partial charge in [-0.15, -0.1) is 12.4 Å². The Kier molecular flexibility index (Phi) is 5.22. The number of amides is 1. The van der Waals surface area contributed by atoms with E-state index in [1.54, 1.807) is 0 Å². The van der Waals surface area contributed by atoms with Crippen LogP contribution in [-0.4, -0.2) is 42.6 Å². The van der Waals surface area contributed by atoms with E-state index in [1.807, 2.05) is 4.90 Å². The minimum atomic E-state index is -0.654. The van der Waals surface area contributed by atoms with E-state index in [0.29, 0.717) is 26.1 Å². The summed E-state index contributed by atoms with van der Waals surface area (Å²) in [6.45, 7) is 5.23. The molecule has 100 valence electrons. The zero-order valence-electron chi connectivity index (χ0n) is 10.5. The van der Waals surface area contributed by atoms with Gasteiger partial charge < -0.3 is 15.4 Å². The molecule has 2 N–H and O–H groups in total. The number of nitrogens with zero attached hydrogens (tertiary/aromatic N) is 1. The molecule has 2 fully saturated rings. The second-order valence-electron chi connectivity index (χ2n) is 5.24. The van der Waals surface area contributed by atoms with Crippen molar-refractivity contribution in [3.8, 4) is 0 Å². The van der Waals surface area contributed by atoms with Crippen molar-refractivity contribution in [3.05, 3.63) is 0 Å². The first-order valence-corrected chi connectivity index (χ1v) is 6.28. The molecular formula is C12H23ClN2O2. The summed E-state index contributed by atoms with van der Waals surface area (Å²) in [4.78, 5) is 14.3. The van der Waals surface area contributed by atoms with Crippen LogP contribution in [0, 0.1) is 5.92 Å². The first-order chi connectivity index (χ1) is 7.62. The zero-order valence-corrected chi connectivity index (χ0v) is 11.3. The van der Waals surface area contributed by atoms with Gasteiger partial charge in [-0.25, -0.2) is 0 Å². The smallest absolute Gasteiger partial charge is 0.242 e. The lowest BCUT2D eigenvalue weighted by atomic mass is 9.88. The van der Waals surface area contributed by atoms with Crippen LogP contribution in [0.3, 0.4) is 0 Å². The summed E-state index contributed by atoms with van der Waals surface area (Å²) in [5, 5.41) is 0. The van der Waals surface area contributed by atoms with Gasteiger partial charge in [0.15, 0.2) is 0 Å². The molecule has 0 aromatic carbocycles. The maximum Gasteiger partial charge on any atom is 0.242 e. The molecule has 5 heteroatoms. The number of halogens is 1. The fourth-order valence-corrected chi connectivity index (χ4v) is 2.48. The van der Waals surface area contributed by atoms with Gasteiger partial charge in [0.05, 0.1) is 5.54 Å². The molecule has 2 aliphatic rings. The molecule has 2 rings (SSSR count). The maximum atomic E-state index is 12.3. The number of piperidine rings is 1. The summed E-state index contributed by atoms with van der Waals surface area (Å²) >= 11 is 0. The van der Waals surface area contributed by atoms with Crippen LogP contribution in [0.5, 0.6) is 0 Å². The molecule has 0 aromatic heterocycles. The quantitative estimate of drug-likeness (QED) is 0.772. The van der Waals surface area contributed by atoms with Gasteiger partial charge in [0.2, 0.25) is 5.91 Å². The molecule has 2 heterocycles. The number of nitrogens with two attached hydrogens (primary N) is 1. The van der Waals surface area contributed by atoms with Crippen LogP contribution in [0.15, 0.2) is 0 Å². The summed E-state index contributed by atoms with van der Waals surface area (Å²) < 4.78 is 5.27. The third kappa shape index (κ3) is 3.33. The van der Waals surface area contributed by atoms with E-state index in [0.717, 1.165) is 31.8 Å². The first-order valence-electron chi connectivity index (χ1n) is 6.28. The predicted molar refractivity (Wildman–Crippen MR) is 69.2 cm³/mol. The standard InChI is InChI=1S/C12H22N2O2.ClH/c1-10-2-6-14(7-3-10)11(15)12(13)4-8-16-9-5-12;/h10H,2-9,13H2,1H3;1H. The average molecular weight is 263 g/mol. The van der Waals surface area contributed by atoms with Crippen LogP contribution >= 0.6 is 12.4 Å². The molecule has 0 spiro atoms. The average Bonchev–Trinajstić information content (AvgIpc) is 2.30. The SMILES string of the molecule is CC1CCN(C(=O)C2(N)CCOCC2)CC1.Cl. The second-order valence-corrected chi connectivity index (χ2v) is 5.24. The van der Waals surface area contributed by atoms with Crippen LogP contribution in [0.25, 0.3) is 0 Å². The van der Waals surface area contributed by atoms with E-state index in [1.165, 1.54) is 0 Å². The summed E-state index contributed by atoms with van der Waals surface area (Å²) in [6, 6.07) is 0. The Morgan fingerprint density at radius 1 is 1.29 bits per heavy atom. The topological polar surface area (TPSA) is 55.6 Å². The Morgan fingerprint density at radius 3 is 2.35 bits per heavy atom. The highest BCUT2D eigenvalue weighted by Gasteiger charge is 2.39. The summed E-state index contributed by atoms with van der Waals surface area (Å²) in [5.41, 5.74) is 5.54. The zero-order chi connectivity index (χ0) is 11.6. The van der Waals surface area contributed by atoms with Gasteiger partial charge in [0.25, 0.3) is 0 Å². The summed E-state index contributed by atoms with van der Waals surface area (Å²) in [5.74, 6) is 0.884. The van der Waals surface area contributed by atoms with Gasteiger partial charge in [-0.05, 0) is 31.6 Å². The summed E-state index contributed by atoms with van der Waals surface area (Å²) in [7, 11) is 0. The monoisotopic (exact) mass is 262 g/mol. The van der Waals surface area contributed by atoms with E-state index < -0.39 is 5.54 Å². The van der Waals surface area contributed by atoms with Gasteiger partial charge in [-0.1, -0.05) is 6.92 Å². The molecule has 0 unspecified atom stereocenters. The fourth-order valence-electron chi connectivity index (χ4n) is 2.48. The van der Waals surface area contributed by atoms with Gasteiger partial charge in [-0.2, -0.15) is 0 Å². The van der Waals surface area contributed by atoms with Gasteiger partial charge in [-0.3, -0.25) is 4.79 Å². The minimum absolute atomic E-state index is 0. The van der Waals surface area contributed by atoms with Gasteiger partial charge >= 0.3 is 0 Å². The number of carbonyl (C=O) groups is 1. The lowest BCUT2D eigenvalue weighted by molar-refractivity contribution is -0.141. The van der Waals surface area contributed by atoms with Crippen LogP contribution in [0.1, 0.15) is 32.6 Å². The highest BCUT2D eigenvalue weighted by molar-refractivity contribution is 5.86. The number of ether oxygens (including phenoxy) is 1. The Hall–Kier alpha value is -0.320. The van der Waals surface area contributed by atoms with Crippen LogP contribution < -0.4 is 5.73 Å². The lowest BCUT2D eigenvalue weighted by Gasteiger charge is -2.39. The van der Waals surface area contributed by atoms with E-state index in [9.17, 15) is 4.79 Å². The number of hydrogen-bond acceptors (Lipinski definition) is 3. The predicted octanol–water partition coefficient (Wildman–Crippen LogP) is 1.17. The third-order valence-electron chi connectivity index (χ3n) is 3.88. The van der Waals surface area contributed by atoms with Crippen molar-refractivity contribution < 1.29 is 9.53 Å². The van der Waals surface area contributed by atoms with Crippen LogP contribution in [0.4, 0.5) is 0 Å². The van der Waals surface area contributed by atoms with E-state index in [4.69, 9.17) is 10.5 Å². The molecule has 2 saturated heterocycles. The fraction of sp³-hybridized carbons (Fsp3) is 0.917. The molecule has 0 aliphatic carbocycles. The molecule has 1 amide bonds. The normalized spacial score (nSPS) is 25.2. The molecular weight excluding hydrogens is 240 g/mol. The molecule has 0 saturated carbocycles. The van der Waals surface area contributed by atoms with Crippen molar-refractivity contribution in [2.24, 2.45) is 11.7 Å². The Morgan fingerprint density at radius 2 is 1.82 bits per heavy atom. The van der Waals surface area contributed by atoms with Crippen molar-refractivity contribution in [2.45, 2.75) is 38.1 Å². The van der Waals surface area contributed by atoms with Gasteiger partial charge in [0.1, 0.15) is 0 Å². The van der Waals surface area contributed by atoms with E-state index >= 15 is 0 Å². The van der Waals surface area contributed by atoms with Crippen molar-refractivity contribution in [3.63, 3.8) is 0 Å². The van der Waals surface area contributed by atoms with Gasteiger partial charge in [0, 0.05) is 26.3 Å². The Bertz CT molecular complexity index is 259. The van der Waals surface area contributed by atoms with Crippen molar-refractivity contribution >= 4 is 18.3 Å². The van der Waals surface area contributed by atoms with Crippen molar-refractivity contribution in [2.75, 3.05) is 26.3 Å². The number of likely N-dealkylation sites (tertiary alicyclic amines) is 1. The summed E-state index contributed by atoms with van der Waals surface area (Å²) in [6.07, 6.45) is 3.55. The lowest BCUT2D eigenvalue weighted by Crippen LogP contribution is -2.59. The number of carbonyl (C=O) groups excluding carboxylic acids is 1. The molecule has 0 bridgehead atoms. The molecule has 4 nitrogen and oxygen atoms in total. The molecule has 0 radical (unpaired) electrons. The highest BCUT2D eigenvalue weighted by Crippen LogP contribution is 2.24. The molecule has 17 heavy (non-hydrogen) atoms. The van der Waals surface area contributed by atoms with Crippen molar-refractivity contribution in [1.82, 2.24) is 4.90 Å². The number of hydrogen-bond donors (Lipinski definition) is 1. The highest BCUT2D eigenvalue weighted by atomic mass is 35.5. The van der Waals surface area contributed by atoms with Crippen LogP contribution in [-0.2, 0) is 9.53 Å². The third-order valence-corrected chi connectivity index (χ3v) is 3.88. The molecule has 0 aromatic rings. The largest absolute Gasteiger partial charge is 0.381 e. The number of rotatable bonds is 1. The second kappa shape index (κ2) is 6.03. The Labute approximate surface area is 109 Å². The molecule has 0 atom stereocenters. The van der Waals surface area contributed by atoms with Crippen molar-refractivity contribution in [1.29, 1.82) is 0 Å². The first kappa shape index (κ1) is 14.7.